The Morgan fingerprint density at radius 3 is 1.36 bits per heavy atom. The molecule has 15 amide bonds. The maximum Gasteiger partial charge on any atom is 0.328 e. The van der Waals surface area contributed by atoms with Crippen LogP contribution in [-0.2, 0) is 67.7 Å². The van der Waals surface area contributed by atoms with Gasteiger partial charge in [-0.05, 0) is 127 Å². The number of carbonyl (C=O) groups excluding carboxylic acids is 14. The summed E-state index contributed by atoms with van der Waals surface area (Å²) >= 11 is 0. The van der Waals surface area contributed by atoms with Gasteiger partial charge in [0.1, 0.15) is 60.4 Å². The number of benzene rings is 1. The van der Waals surface area contributed by atoms with Crippen molar-refractivity contribution in [3.8, 4) is 0 Å². The van der Waals surface area contributed by atoms with Crippen LogP contribution in [0.2, 0.25) is 0 Å². The van der Waals surface area contributed by atoms with Crippen LogP contribution in [0.15, 0.2) is 47.8 Å². The molecule has 2 aliphatic rings. The van der Waals surface area contributed by atoms with Gasteiger partial charge in [0.25, 0.3) is 0 Å². The van der Waals surface area contributed by atoms with Crippen LogP contribution in [-0.4, -0.2) is 263 Å². The molecule has 2 fully saturated rings. The molecule has 31 heteroatoms. The Hall–Kier alpha value is -8.90. The maximum atomic E-state index is 15.1. The molecule has 0 spiro atoms. The molecule has 12 atom stereocenters. The highest BCUT2D eigenvalue weighted by atomic mass is 16.3. The third kappa shape index (κ3) is 27.6. The molecule has 2 heterocycles. The van der Waals surface area contributed by atoms with E-state index in [-0.39, 0.29) is 55.8 Å². The molecule has 0 aliphatic carbocycles. The Balaban J connectivity index is 0.00000207. The fourth-order valence-electron chi connectivity index (χ4n) is 13.1. The van der Waals surface area contributed by atoms with E-state index in [9.17, 15) is 67.5 Å². The van der Waals surface area contributed by atoms with Crippen molar-refractivity contribution in [1.29, 1.82) is 0 Å². The van der Waals surface area contributed by atoms with Gasteiger partial charge in [-0.15, -0.1) is 4.91 Å². The first-order valence-corrected chi connectivity index (χ1v) is 38.3. The van der Waals surface area contributed by atoms with Gasteiger partial charge in [-0.3, -0.25) is 78.0 Å². The number of hydrogen-bond acceptors (Lipinski definition) is 17. The molecule has 31 nitrogen and oxygen atoms in total. The van der Waals surface area contributed by atoms with Gasteiger partial charge in [-0.25, -0.2) is 4.79 Å². The van der Waals surface area contributed by atoms with E-state index in [1.165, 1.54) is 92.7 Å². The number of urea groups is 1. The van der Waals surface area contributed by atoms with E-state index in [4.69, 9.17) is 0 Å². The molecule has 0 bridgehead atoms. The van der Waals surface area contributed by atoms with Gasteiger partial charge in [-0.1, -0.05) is 146 Å². The number of aliphatic hydroxyl groups is 1. The summed E-state index contributed by atoms with van der Waals surface area (Å²) in [6.45, 7) is 36.3. The predicted molar refractivity (Wildman–Crippen MR) is 417 cm³/mol. The Morgan fingerprint density at radius 1 is 0.505 bits per heavy atom. The summed E-state index contributed by atoms with van der Waals surface area (Å²) in [6.07, 6.45) is 3.34. The Labute approximate surface area is 647 Å². The van der Waals surface area contributed by atoms with Crippen molar-refractivity contribution in [3.63, 3.8) is 0 Å². The first kappa shape index (κ1) is 98.1. The Bertz CT molecular complexity index is 3250. The van der Waals surface area contributed by atoms with Crippen LogP contribution in [0.3, 0.4) is 0 Å². The number of imide groups is 2. The fourth-order valence-corrected chi connectivity index (χ4v) is 13.1. The quantitative estimate of drug-likeness (QED) is 0.0392. The van der Waals surface area contributed by atoms with Crippen LogP contribution in [0, 0.1) is 46.3 Å². The highest BCUT2D eigenvalue weighted by molar-refractivity contribution is 6.23. The van der Waals surface area contributed by atoms with Crippen LogP contribution in [0.5, 0.6) is 0 Å². The van der Waals surface area contributed by atoms with Crippen molar-refractivity contribution < 1.29 is 72.2 Å². The van der Waals surface area contributed by atoms with Gasteiger partial charge in [0.05, 0.1) is 17.9 Å². The van der Waals surface area contributed by atoms with Crippen molar-refractivity contribution in [1.82, 2.24) is 71.2 Å². The number of allylic oxidation sites excluding steroid dienone is 2. The van der Waals surface area contributed by atoms with E-state index in [1.54, 1.807) is 91.8 Å². The van der Waals surface area contributed by atoms with Gasteiger partial charge >= 0.3 is 6.03 Å². The SMILES string of the molecule is C/C=C/C[C@@H](C)[C@@H](O)[C@H]1C(=O)N[C@@H](CC)C(=O)N(C)CC(=O)N(C)[C@@H](CC(C)C)C(=O)N[C@@H](C(C)C)C(=O)N(C)[C@@H](CC(C)C)C(=O)N[C@@H](C)C(=O)N[C@H](C)C(=O)N(C)[C@@H](CC(C)C)C(=O)N(C)[C@@H](CC(C)C)C(=O)N(C)[C@@H](C(C)C)C(=O)N1C.CCC1(c2ccccc2)C(=O)NC(=O)NC1=O.CCN(CC)N=O. The minimum absolute atomic E-state index is 0.0229. The number of nitrogens with zero attached hydrogens (tertiary/aromatic N) is 9. The van der Waals surface area contributed by atoms with Gasteiger partial charge in [0.15, 0.2) is 5.41 Å². The molecule has 616 valence electrons. The number of amides is 15. The number of carbonyl (C=O) groups is 14. The van der Waals surface area contributed by atoms with Crippen LogP contribution in [0.4, 0.5) is 4.79 Å². The standard InChI is InChI=1S/C62H111N11O12.C12H12N2O3.C4H10N2O/c1-25-27-28-40(15)52(75)51-56(79)65-43(26-2)58(81)67(18)33-48(74)68(19)44(29-34(3)4)55(78)66-49(38(11)12)61(84)69(20)45(30-35(5)6)54(77)63-41(16)53(76)64-42(17)57(80)70(21)46(31-36(7)8)59(82)71(22)47(32-37(9)10)60(83)72(23)50(39(13)14)62(85)73(51)24;1-2-12(8-6-4-3-5-7-8)9(15)13-11(17)14-10(12)16;1-3-6(4-2)5-7/h25,27,34-47,49-52,75H,26,28-33H2,1-24H3,(H,63,77)(H,64,76)(H,65,79)(H,66,78);3-7H,2H2,1H3,(H2,13,14,15,16,17);3-4H2,1-2H3/b27-25+;;/t40-,41+,42-,43+,44+,45+,46+,47+,49+,50+,51+,52-;;/m1../s1. The second kappa shape index (κ2) is 45.9. The van der Waals surface area contributed by atoms with Gasteiger partial charge in [0, 0.05) is 62.4 Å². The largest absolute Gasteiger partial charge is 0.390 e. The molecule has 0 saturated carbocycles. The zero-order valence-corrected chi connectivity index (χ0v) is 70.1. The molecular weight excluding hydrogens is 1400 g/mol. The third-order valence-electron chi connectivity index (χ3n) is 19.9. The molecule has 3 rings (SSSR count). The number of aliphatic hydroxyl groups excluding tert-OH is 1. The third-order valence-corrected chi connectivity index (χ3v) is 19.9. The van der Waals surface area contributed by atoms with E-state index in [0.29, 0.717) is 31.5 Å². The lowest BCUT2D eigenvalue weighted by molar-refractivity contribution is -0.157. The molecule has 0 aromatic heterocycles. The van der Waals surface area contributed by atoms with Crippen molar-refractivity contribution in [2.75, 3.05) is 69.0 Å². The van der Waals surface area contributed by atoms with Crippen molar-refractivity contribution in [2.24, 2.45) is 46.7 Å². The van der Waals surface area contributed by atoms with Crippen LogP contribution in [0.25, 0.3) is 0 Å². The average Bonchev–Trinajstić information content (AvgIpc) is 0.764. The van der Waals surface area contributed by atoms with Gasteiger partial charge in [0.2, 0.25) is 76.8 Å². The first-order valence-electron chi connectivity index (χ1n) is 38.3. The van der Waals surface area contributed by atoms with Crippen molar-refractivity contribution in [2.45, 2.75) is 255 Å². The molecule has 109 heavy (non-hydrogen) atoms. The summed E-state index contributed by atoms with van der Waals surface area (Å²) in [7, 11) is 9.92. The summed E-state index contributed by atoms with van der Waals surface area (Å²) in [5.74, 6) is -10.8. The Kier molecular flexibility index (Phi) is 41.3. The minimum Gasteiger partial charge on any atom is -0.390 e. The van der Waals surface area contributed by atoms with E-state index < -0.39 is 179 Å². The van der Waals surface area contributed by atoms with Crippen LogP contribution in [0.1, 0.15) is 189 Å². The number of hydrogen-bond donors (Lipinski definition) is 7. The summed E-state index contributed by atoms with van der Waals surface area (Å²) in [5, 5.41) is 31.5. The minimum atomic E-state index is -1.61. The molecule has 0 unspecified atom stereocenters. The number of nitrogens with one attached hydrogen (secondary N) is 6. The molecule has 2 aliphatic heterocycles. The van der Waals surface area contributed by atoms with Crippen LogP contribution >= 0.6 is 0 Å². The summed E-state index contributed by atoms with van der Waals surface area (Å²) in [5.41, 5.74) is -0.722. The number of nitroso groups, excluding NO2 is 1. The number of likely N-dealkylation sites (N-methyl/N-ethyl adjacent to an activating group) is 7. The maximum absolute atomic E-state index is 15.1. The van der Waals surface area contributed by atoms with E-state index in [0.717, 1.165) is 9.80 Å². The molecule has 0 radical (unpaired) electrons. The zero-order chi connectivity index (χ0) is 84.1. The molecule has 2 saturated heterocycles. The summed E-state index contributed by atoms with van der Waals surface area (Å²) in [6, 6.07) is -4.37. The molecule has 7 N–H and O–H groups in total. The highest BCUT2D eigenvalue weighted by Crippen LogP contribution is 2.31. The van der Waals surface area contributed by atoms with Crippen molar-refractivity contribution in [3.05, 3.63) is 53.0 Å². The molecular formula is C78H133N15O16. The van der Waals surface area contributed by atoms with E-state index in [1.807, 2.05) is 75.3 Å². The molecule has 1 aromatic rings. The second-order valence-electron chi connectivity index (χ2n) is 31.2. The zero-order valence-electron chi connectivity index (χ0n) is 70.1. The van der Waals surface area contributed by atoms with Gasteiger partial charge in [-0.2, -0.15) is 0 Å². The molecule has 1 aromatic carbocycles. The predicted octanol–water partition coefficient (Wildman–Crippen LogP) is 4.98. The normalized spacial score (nSPS) is 24.4. The smallest absolute Gasteiger partial charge is 0.328 e. The lowest BCUT2D eigenvalue weighted by atomic mass is 9.75. The average molecular weight is 1540 g/mol. The Morgan fingerprint density at radius 2 is 0.936 bits per heavy atom. The topological polar surface area (TPSA) is 387 Å². The van der Waals surface area contributed by atoms with Crippen LogP contribution < -0.4 is 31.9 Å². The monoisotopic (exact) mass is 1540 g/mol. The lowest BCUT2D eigenvalue weighted by Crippen LogP contribution is -2.64. The second-order valence-corrected chi connectivity index (χ2v) is 31.2. The summed E-state index contributed by atoms with van der Waals surface area (Å²) in [4.78, 5) is 213. The lowest BCUT2D eigenvalue weighted by Gasteiger charge is -2.41. The van der Waals surface area contributed by atoms with E-state index >= 15 is 9.59 Å². The van der Waals surface area contributed by atoms with E-state index in [2.05, 4.69) is 37.2 Å². The number of barbiturate groups is 1. The van der Waals surface area contributed by atoms with Crippen molar-refractivity contribution >= 4 is 82.8 Å². The van der Waals surface area contributed by atoms with Gasteiger partial charge < -0.3 is 60.7 Å². The number of rotatable bonds is 20. The highest BCUT2D eigenvalue weighted by Gasteiger charge is 2.51. The first-order chi connectivity index (χ1) is 50.7. The fraction of sp³-hybridized carbons (Fsp3) is 0.718. The summed E-state index contributed by atoms with van der Waals surface area (Å²) < 4.78 is 0.